The van der Waals surface area contributed by atoms with Gasteiger partial charge in [-0.25, -0.2) is 13.2 Å². The molecular weight excluding hydrogens is 673 g/mol. The number of aliphatic hydroxyl groups is 2. The fourth-order valence-corrected chi connectivity index (χ4v) is 14.7. The van der Waals surface area contributed by atoms with E-state index in [1.807, 2.05) is 19.1 Å². The van der Waals surface area contributed by atoms with Crippen LogP contribution in [0, 0.1) is 45.3 Å². The van der Waals surface area contributed by atoms with Crippen LogP contribution >= 0.6 is 0 Å². The summed E-state index contributed by atoms with van der Waals surface area (Å²) in [6.07, 6.45) is 12.9. The number of aromatic carboxylic acids is 1. The zero-order valence-electron chi connectivity index (χ0n) is 33.1. The summed E-state index contributed by atoms with van der Waals surface area (Å²) >= 11 is 0. The van der Waals surface area contributed by atoms with E-state index in [0.717, 1.165) is 63.6 Å². The molecule has 4 N–H and O–H groups in total. The first-order chi connectivity index (χ1) is 24.3. The third kappa shape index (κ3) is 6.75. The Morgan fingerprint density at radius 1 is 0.962 bits per heavy atom. The molecular formula is C43H68N2O6S. The zero-order valence-corrected chi connectivity index (χ0v) is 34.0. The fraction of sp³-hybridized carbons (Fsp3) is 0.791. The van der Waals surface area contributed by atoms with E-state index in [4.69, 9.17) is 0 Å². The number of carboxylic acid groups (broad SMARTS) is 1. The number of rotatable bonds is 11. The van der Waals surface area contributed by atoms with E-state index in [0.29, 0.717) is 42.8 Å². The summed E-state index contributed by atoms with van der Waals surface area (Å²) < 4.78 is 24.1. The van der Waals surface area contributed by atoms with Crippen molar-refractivity contribution in [3.8, 4) is 0 Å². The minimum Gasteiger partial charge on any atom is -0.478 e. The van der Waals surface area contributed by atoms with E-state index in [2.05, 4.69) is 57.8 Å². The summed E-state index contributed by atoms with van der Waals surface area (Å²) in [6, 6.07) is 7.47. The smallest absolute Gasteiger partial charge is 0.335 e. The van der Waals surface area contributed by atoms with Gasteiger partial charge in [0.05, 0.1) is 29.3 Å². The molecule has 3 saturated carbocycles. The number of fused-ring (bicyclic) bond motifs is 5. The van der Waals surface area contributed by atoms with Gasteiger partial charge in [-0.1, -0.05) is 66.2 Å². The van der Waals surface area contributed by atoms with Gasteiger partial charge in [0.25, 0.3) is 0 Å². The Bertz CT molecular complexity index is 1610. The van der Waals surface area contributed by atoms with Crippen molar-refractivity contribution in [2.24, 2.45) is 45.3 Å². The summed E-state index contributed by atoms with van der Waals surface area (Å²) in [5.41, 5.74) is 1.80. The number of hydrogen-bond donors (Lipinski definition) is 4. The van der Waals surface area contributed by atoms with Crippen molar-refractivity contribution in [1.29, 1.82) is 0 Å². The van der Waals surface area contributed by atoms with Gasteiger partial charge in [0, 0.05) is 31.7 Å². The SMILES string of the molecule is CCCC1(NCCN2CCS(=O)(=O)CC2)CCC2(C)C(CCC3C4(C)CC=C(c5ccc(C(=O)O)cc5)C(C)(C)C4CCC32C)C1CC(C)(O)CO. The molecule has 52 heavy (non-hydrogen) atoms. The lowest BCUT2D eigenvalue weighted by molar-refractivity contribution is -0.225. The lowest BCUT2D eigenvalue weighted by atomic mass is 9.32. The Labute approximate surface area is 314 Å². The second kappa shape index (κ2) is 14.1. The van der Waals surface area contributed by atoms with Crippen LogP contribution in [0.4, 0.5) is 0 Å². The molecule has 1 heterocycles. The van der Waals surface area contributed by atoms with Crippen LogP contribution in [0.2, 0.25) is 0 Å². The highest BCUT2D eigenvalue weighted by atomic mass is 32.2. The van der Waals surface area contributed by atoms with Crippen molar-refractivity contribution < 1.29 is 28.5 Å². The lowest BCUT2D eigenvalue weighted by Crippen LogP contribution is -2.69. The van der Waals surface area contributed by atoms with Gasteiger partial charge in [0.2, 0.25) is 0 Å². The molecule has 1 aromatic carbocycles. The second-order valence-corrected chi connectivity index (χ2v) is 21.7. The third-order valence-corrected chi connectivity index (χ3v) is 17.9. The number of carbonyl (C=O) groups is 1. The number of carboxylic acids is 1. The third-order valence-electron chi connectivity index (χ3n) is 16.3. The number of benzene rings is 1. The molecule has 0 radical (unpaired) electrons. The van der Waals surface area contributed by atoms with E-state index < -0.39 is 21.4 Å². The summed E-state index contributed by atoms with van der Waals surface area (Å²) in [5.74, 6) is 1.28. The number of aliphatic hydroxyl groups excluding tert-OH is 1. The summed E-state index contributed by atoms with van der Waals surface area (Å²) in [6.45, 7) is 19.3. The normalized spacial score (nSPS) is 39.7. The van der Waals surface area contributed by atoms with Crippen molar-refractivity contribution in [1.82, 2.24) is 10.2 Å². The van der Waals surface area contributed by atoms with Gasteiger partial charge in [-0.05, 0) is 133 Å². The molecule has 4 aliphatic carbocycles. The predicted molar refractivity (Wildman–Crippen MR) is 209 cm³/mol. The Hall–Kier alpha value is -1.78. The summed E-state index contributed by atoms with van der Waals surface area (Å²) in [4.78, 5) is 13.9. The standard InChI is InChI=1S/C43H68N2O6S/c1-8-17-43(44-22-23-45-24-26-52(50,51)27-25-45)21-20-41(6)33(34(43)28-39(4,49)29-46)13-14-36-40(5)18-15-32(30-9-11-31(12-10-30)37(47)48)38(2,3)35(40)16-19-42(36,41)7/h9-12,15,33-36,44,46,49H,8,13-14,16-29H2,1-7H3,(H,47,48). The van der Waals surface area contributed by atoms with Gasteiger partial charge in [-0.3, -0.25) is 0 Å². The first kappa shape index (κ1) is 39.9. The highest BCUT2D eigenvalue weighted by Gasteiger charge is 2.69. The number of allylic oxidation sites excluding steroid dienone is 2. The highest BCUT2D eigenvalue weighted by Crippen LogP contribution is 2.75. The Balaban J connectivity index is 1.29. The zero-order chi connectivity index (χ0) is 38.0. The molecule has 0 spiro atoms. The Morgan fingerprint density at radius 3 is 2.25 bits per heavy atom. The topological polar surface area (TPSA) is 127 Å². The van der Waals surface area contributed by atoms with E-state index in [1.165, 1.54) is 18.4 Å². The Kier molecular flexibility index (Phi) is 10.8. The maximum Gasteiger partial charge on any atom is 0.335 e. The predicted octanol–water partition coefficient (Wildman–Crippen LogP) is 7.06. The largest absolute Gasteiger partial charge is 0.478 e. The van der Waals surface area contributed by atoms with Crippen molar-refractivity contribution in [3.05, 3.63) is 41.5 Å². The van der Waals surface area contributed by atoms with E-state index in [9.17, 15) is 28.5 Å². The monoisotopic (exact) mass is 740 g/mol. The van der Waals surface area contributed by atoms with Crippen LogP contribution in [0.3, 0.4) is 0 Å². The average Bonchev–Trinajstić information content (AvgIpc) is 3.07. The van der Waals surface area contributed by atoms with Crippen LogP contribution in [-0.2, 0) is 9.84 Å². The van der Waals surface area contributed by atoms with Crippen LogP contribution in [0.5, 0.6) is 0 Å². The molecule has 6 rings (SSSR count). The quantitative estimate of drug-likeness (QED) is 0.190. The van der Waals surface area contributed by atoms with Gasteiger partial charge in [-0.2, -0.15) is 0 Å². The van der Waals surface area contributed by atoms with E-state index >= 15 is 0 Å². The van der Waals surface area contributed by atoms with Gasteiger partial charge < -0.3 is 25.5 Å². The van der Waals surface area contributed by atoms with E-state index in [1.54, 1.807) is 12.1 Å². The maximum absolute atomic E-state index is 12.1. The average molecular weight is 741 g/mol. The molecule has 292 valence electrons. The molecule has 0 aromatic heterocycles. The number of nitrogens with zero attached hydrogens (tertiary/aromatic N) is 1. The number of sulfone groups is 1. The van der Waals surface area contributed by atoms with Gasteiger partial charge >= 0.3 is 5.97 Å². The second-order valence-electron chi connectivity index (χ2n) is 19.4. The fourth-order valence-electron chi connectivity index (χ4n) is 13.4. The minimum atomic E-state index is -2.92. The van der Waals surface area contributed by atoms with Crippen LogP contribution in [0.15, 0.2) is 30.3 Å². The summed E-state index contributed by atoms with van der Waals surface area (Å²) in [7, 11) is -2.92. The lowest BCUT2D eigenvalue weighted by Gasteiger charge is -2.73. The maximum atomic E-state index is 12.1. The molecule has 1 aromatic rings. The minimum absolute atomic E-state index is 0.0511. The molecule has 9 heteroatoms. The van der Waals surface area contributed by atoms with Crippen LogP contribution in [0.1, 0.15) is 129 Å². The number of hydrogen-bond acceptors (Lipinski definition) is 7. The van der Waals surface area contributed by atoms with Crippen LogP contribution in [-0.4, -0.2) is 90.0 Å². The van der Waals surface area contributed by atoms with Gasteiger partial charge in [0.15, 0.2) is 9.84 Å². The van der Waals surface area contributed by atoms with Crippen LogP contribution < -0.4 is 5.32 Å². The first-order valence-corrected chi connectivity index (χ1v) is 22.2. The van der Waals surface area contributed by atoms with Crippen molar-refractivity contribution in [3.63, 3.8) is 0 Å². The van der Waals surface area contributed by atoms with E-state index in [-0.39, 0.29) is 51.2 Å². The molecule has 4 fully saturated rings. The highest BCUT2D eigenvalue weighted by molar-refractivity contribution is 7.91. The van der Waals surface area contributed by atoms with Gasteiger partial charge in [-0.15, -0.1) is 0 Å². The molecule has 0 amide bonds. The molecule has 9 unspecified atom stereocenters. The van der Waals surface area contributed by atoms with Gasteiger partial charge in [0.1, 0.15) is 0 Å². The van der Waals surface area contributed by atoms with Crippen molar-refractivity contribution in [2.45, 2.75) is 124 Å². The summed E-state index contributed by atoms with van der Waals surface area (Å²) in [5, 5.41) is 35.6. The molecule has 1 aliphatic heterocycles. The first-order valence-electron chi connectivity index (χ1n) is 20.3. The molecule has 8 nitrogen and oxygen atoms in total. The molecule has 0 bridgehead atoms. The van der Waals surface area contributed by atoms with Crippen LogP contribution in [0.25, 0.3) is 5.57 Å². The Morgan fingerprint density at radius 2 is 1.63 bits per heavy atom. The molecule has 5 aliphatic rings. The molecule has 1 saturated heterocycles. The molecule has 9 atom stereocenters. The number of nitrogens with one attached hydrogen (secondary N) is 1. The van der Waals surface area contributed by atoms with Crippen molar-refractivity contribution >= 4 is 21.4 Å². The van der Waals surface area contributed by atoms with Crippen molar-refractivity contribution in [2.75, 3.05) is 44.3 Å².